The molecule has 0 spiro atoms. The van der Waals surface area contributed by atoms with Gasteiger partial charge in [0.2, 0.25) is 5.91 Å². The molecule has 4 N–H and O–H groups in total. The number of alkyl carbamates (subject to hydrolysis) is 3. The first-order valence-electron chi connectivity index (χ1n) is 33.4. The smallest absolute Gasteiger partial charge is 0.408 e. The van der Waals surface area contributed by atoms with Crippen LogP contribution in [0.5, 0.6) is 11.5 Å². The van der Waals surface area contributed by atoms with Gasteiger partial charge in [0.25, 0.3) is 0 Å². The highest BCUT2D eigenvalue weighted by molar-refractivity contribution is 6.76. The molecule has 19 nitrogen and oxygen atoms in total. The summed E-state index contributed by atoms with van der Waals surface area (Å²) in [5, 5.41) is 10.6. The van der Waals surface area contributed by atoms with Gasteiger partial charge in [-0.1, -0.05) is 195 Å². The van der Waals surface area contributed by atoms with Gasteiger partial charge in [-0.05, 0) is 126 Å². The largest absolute Gasteiger partial charge is 0.489 e. The van der Waals surface area contributed by atoms with Crippen LogP contribution in [0.3, 0.4) is 0 Å². The molecule has 98 heavy (non-hydrogen) atoms. The van der Waals surface area contributed by atoms with Gasteiger partial charge in [-0.25, -0.2) is 24.0 Å². The minimum Gasteiger partial charge on any atom is -0.489 e. The summed E-state index contributed by atoms with van der Waals surface area (Å²) >= 11 is 0. The Morgan fingerprint density at radius 3 is 1.43 bits per heavy atom. The lowest BCUT2D eigenvalue weighted by Crippen LogP contribution is -2.57. The van der Waals surface area contributed by atoms with Crippen molar-refractivity contribution in [1.82, 2.24) is 21.3 Å². The van der Waals surface area contributed by atoms with Crippen LogP contribution >= 0.6 is 0 Å². The first kappa shape index (κ1) is 78.7. The van der Waals surface area contributed by atoms with Gasteiger partial charge in [0.05, 0.1) is 19.8 Å². The molecule has 22 heteroatoms. The fraction of sp³-hybridized carbons (Fsp3) is 0.447. The minimum atomic E-state index is -3.05. The van der Waals surface area contributed by atoms with Gasteiger partial charge in [-0.3, -0.25) is 4.79 Å². The highest BCUT2D eigenvalue weighted by atomic mass is 28.4. The Labute approximate surface area is 583 Å². The van der Waals surface area contributed by atoms with Crippen LogP contribution in [0.4, 0.5) is 14.4 Å². The number of rotatable bonds is 32. The monoisotopic (exact) mass is 1400 g/mol. The van der Waals surface area contributed by atoms with E-state index in [9.17, 15) is 19.2 Å². The van der Waals surface area contributed by atoms with Crippen LogP contribution < -0.4 is 30.7 Å². The molecule has 0 aromatic heterocycles. The quantitative estimate of drug-likeness (QED) is 0.0175. The highest BCUT2D eigenvalue weighted by Gasteiger charge is 2.46. The Kier molecular flexibility index (Phi) is 28.5. The maximum Gasteiger partial charge on any atom is 0.408 e. The van der Waals surface area contributed by atoms with Gasteiger partial charge in [0.1, 0.15) is 61.7 Å². The number of benzene rings is 6. The molecule has 0 aliphatic heterocycles. The maximum atomic E-state index is 15.7. The van der Waals surface area contributed by atoms with Crippen LogP contribution in [0.25, 0.3) is 11.1 Å². The lowest BCUT2D eigenvalue weighted by atomic mass is 9.94. The fourth-order valence-corrected chi connectivity index (χ4v) is 12.9. The molecule has 0 heterocycles. The molecule has 0 saturated carbocycles. The van der Waals surface area contributed by atoms with E-state index < -0.39 is 102 Å². The summed E-state index contributed by atoms with van der Waals surface area (Å²) in [6, 6.07) is 45.0. The number of nitrogens with one attached hydrogen (secondary N) is 4. The number of carbonyl (C=O) groups excluding carboxylic acids is 6. The summed E-state index contributed by atoms with van der Waals surface area (Å²) in [7, 11) is -6.21. The van der Waals surface area contributed by atoms with E-state index in [-0.39, 0.29) is 57.5 Å². The van der Waals surface area contributed by atoms with Crippen molar-refractivity contribution in [2.45, 2.75) is 199 Å². The van der Waals surface area contributed by atoms with Gasteiger partial charge in [-0.15, -0.1) is 0 Å². The zero-order valence-electron chi connectivity index (χ0n) is 60.4. The average Bonchev–Trinajstić information content (AvgIpc) is 0.786. The van der Waals surface area contributed by atoms with E-state index in [1.807, 2.05) is 172 Å². The van der Waals surface area contributed by atoms with Crippen LogP contribution in [0.2, 0.25) is 61.9 Å². The number of methoxy groups -OCH3 is 1. The second-order valence-electron chi connectivity index (χ2n) is 29.8. The number of amides is 4. The third-order valence-corrected chi connectivity index (χ3v) is 27.9. The first-order chi connectivity index (χ1) is 46.0. The van der Waals surface area contributed by atoms with E-state index >= 15 is 9.59 Å². The Morgan fingerprint density at radius 1 is 0.480 bits per heavy atom. The molecule has 0 saturated heterocycles. The number of hydrogen-bond acceptors (Lipinski definition) is 15. The van der Waals surface area contributed by atoms with E-state index in [2.05, 4.69) is 82.5 Å². The molecule has 0 unspecified atom stereocenters. The highest BCUT2D eigenvalue weighted by Crippen LogP contribution is 2.44. The van der Waals surface area contributed by atoms with Crippen molar-refractivity contribution in [2.75, 3.05) is 20.3 Å². The molecule has 6 aromatic carbocycles. The van der Waals surface area contributed by atoms with Gasteiger partial charge >= 0.3 is 30.2 Å². The Hall–Kier alpha value is -8.29. The van der Waals surface area contributed by atoms with Crippen molar-refractivity contribution < 1.29 is 70.8 Å². The van der Waals surface area contributed by atoms with Crippen LogP contribution in [0.1, 0.15) is 108 Å². The number of hydrogen-bond donors (Lipinski definition) is 4. The second-order valence-corrected chi connectivity index (χ2v) is 44.9. The van der Waals surface area contributed by atoms with Crippen LogP contribution in [0, 0.1) is 0 Å². The zero-order chi connectivity index (χ0) is 72.1. The van der Waals surface area contributed by atoms with Gasteiger partial charge < -0.3 is 63.3 Å². The van der Waals surface area contributed by atoms with E-state index in [4.69, 9.17) is 42.0 Å². The normalized spacial score (nSPS) is 13.6. The summed E-state index contributed by atoms with van der Waals surface area (Å²) in [6.07, 6.45) is -5.03. The molecule has 0 fully saturated rings. The number of esters is 2. The Balaban J connectivity index is 1.51. The average molecular weight is 1400 g/mol. The van der Waals surface area contributed by atoms with Crippen molar-refractivity contribution in [3.05, 3.63) is 191 Å². The zero-order valence-corrected chi connectivity index (χ0v) is 63.4. The third kappa shape index (κ3) is 25.5. The lowest BCUT2D eigenvalue weighted by Gasteiger charge is -2.42. The standard InChI is InChI=1S/C76H104N4O15Si3/c1-74(2,3)93-73(86)78-62(47-60(94-97(14,15)75(4,5)6)48-77-71(84)91-51-55-34-26-20-27-35-55)68(81)80-66(70(83)87-10)67(95-98(16,17)76(7,8)9)61-45-58(39-41-65(61)90-50-54-32-24-19-25-33-54)57-38-40-64(89-49-53-30-22-18-23-31-53)59(44-57)46-63(69(82)88-42-43-96(11,12)13)79-72(85)92-52-56-36-28-21-29-37-56/h18-41,44-45,60,62-63,66-67H,42-43,46-52H2,1-17H3,(H,77,84)(H,78,86)(H,79,85)(H,80,81)/t60-,62+,63+,66+,67-/m1/s1. The van der Waals surface area contributed by atoms with Crippen molar-refractivity contribution in [3.8, 4) is 22.6 Å². The Bertz CT molecular complexity index is 3560. The third-order valence-electron chi connectivity index (χ3n) is 17.2. The minimum absolute atomic E-state index is 0.00283. The topological polar surface area (TPSA) is 234 Å². The molecule has 0 aliphatic rings. The van der Waals surface area contributed by atoms with Crippen LogP contribution in [-0.4, -0.2) is 111 Å². The molecule has 5 atom stereocenters. The van der Waals surface area contributed by atoms with Gasteiger partial charge in [-0.2, -0.15) is 0 Å². The van der Waals surface area contributed by atoms with Crippen molar-refractivity contribution >= 4 is 60.8 Å². The molecule has 0 radical (unpaired) electrons. The molecule has 4 amide bonds. The van der Waals surface area contributed by atoms with Crippen molar-refractivity contribution in [1.29, 1.82) is 0 Å². The fourth-order valence-electron chi connectivity index (χ4n) is 9.62. The summed E-state index contributed by atoms with van der Waals surface area (Å²) in [4.78, 5) is 86.3. The number of ether oxygens (including phenoxy) is 7. The molecular weight excluding hydrogens is 1290 g/mol. The predicted molar refractivity (Wildman–Crippen MR) is 389 cm³/mol. The molecule has 6 aromatic rings. The SMILES string of the molecule is COC(=O)[C@@H](NC(=O)[C@H](C[C@H](CNC(=O)OCc1ccccc1)O[Si](C)(C)C(C)(C)C)NC(=O)OC(C)(C)C)[C@H](O[Si](C)(C)C(C)(C)C)c1cc(-c2ccc(OCc3ccccc3)c(C[C@H](NC(=O)OCc3ccccc3)C(=O)OCC[Si](C)(C)C)c2)ccc1OCc1ccccc1. The number of carbonyl (C=O) groups is 6. The van der Waals surface area contributed by atoms with E-state index in [1.54, 1.807) is 32.9 Å². The molecular formula is C76H104N4O15Si3. The summed E-state index contributed by atoms with van der Waals surface area (Å²) in [5.74, 6) is -1.62. The summed E-state index contributed by atoms with van der Waals surface area (Å²) in [6.45, 7) is 32.4. The van der Waals surface area contributed by atoms with E-state index in [1.165, 1.54) is 7.11 Å². The molecule has 6 rings (SSSR count). The van der Waals surface area contributed by atoms with E-state index in [0.717, 1.165) is 22.3 Å². The molecule has 0 aliphatic carbocycles. The predicted octanol–water partition coefficient (Wildman–Crippen LogP) is 15.6. The Morgan fingerprint density at radius 2 is 0.939 bits per heavy atom. The van der Waals surface area contributed by atoms with Crippen molar-refractivity contribution in [3.63, 3.8) is 0 Å². The van der Waals surface area contributed by atoms with Gasteiger partial charge in [0, 0.05) is 33.0 Å². The summed E-state index contributed by atoms with van der Waals surface area (Å²) < 4.78 is 56.4. The van der Waals surface area contributed by atoms with Crippen LogP contribution in [0.15, 0.2) is 158 Å². The molecule has 0 bridgehead atoms. The second kappa shape index (κ2) is 35.5. The first-order valence-corrected chi connectivity index (χ1v) is 42.9. The maximum absolute atomic E-state index is 15.7. The van der Waals surface area contributed by atoms with Crippen LogP contribution in [-0.2, 0) is 79.8 Å². The molecule has 530 valence electrons. The summed E-state index contributed by atoms with van der Waals surface area (Å²) in [5.41, 5.74) is 4.38. The van der Waals surface area contributed by atoms with E-state index in [0.29, 0.717) is 39.8 Å². The lowest BCUT2D eigenvalue weighted by molar-refractivity contribution is -0.148. The van der Waals surface area contributed by atoms with Gasteiger partial charge in [0.15, 0.2) is 22.7 Å². The van der Waals surface area contributed by atoms with Crippen molar-refractivity contribution in [2.24, 2.45) is 0 Å².